The van der Waals surface area contributed by atoms with Crippen LogP contribution in [0, 0.1) is 0 Å². The highest BCUT2D eigenvalue weighted by molar-refractivity contribution is 7.98. The minimum Gasteiger partial charge on any atom is -0.493 e. The van der Waals surface area contributed by atoms with E-state index in [4.69, 9.17) is 9.47 Å². The Bertz CT molecular complexity index is 727. The molecule has 1 N–H and O–H groups in total. The van der Waals surface area contributed by atoms with Crippen LogP contribution in [0.3, 0.4) is 0 Å². The summed E-state index contributed by atoms with van der Waals surface area (Å²) in [5, 5.41) is 0.902. The van der Waals surface area contributed by atoms with Gasteiger partial charge in [0.25, 0.3) is 0 Å². The molecule has 6 heteroatoms. The van der Waals surface area contributed by atoms with Crippen LogP contribution in [0.2, 0.25) is 0 Å². The summed E-state index contributed by atoms with van der Waals surface area (Å²) < 4.78 is 10.7. The number of rotatable bonds is 8. The van der Waals surface area contributed by atoms with Gasteiger partial charge in [-0.05, 0) is 18.2 Å². The van der Waals surface area contributed by atoms with Crippen LogP contribution in [0.4, 0.5) is 0 Å². The van der Waals surface area contributed by atoms with E-state index >= 15 is 0 Å². The van der Waals surface area contributed by atoms with Crippen LogP contribution in [-0.4, -0.2) is 35.3 Å². The number of nitrogens with zero attached hydrogens (tertiary/aromatic N) is 2. The number of pyridine rings is 1. The second-order valence-electron chi connectivity index (χ2n) is 5.03. The quantitative estimate of drug-likeness (QED) is 0.505. The summed E-state index contributed by atoms with van der Waals surface area (Å²) in [6.45, 7) is 1.36. The van der Waals surface area contributed by atoms with Crippen LogP contribution in [0.25, 0.3) is 11.0 Å². The Kier molecular flexibility index (Phi) is 5.50. The second-order valence-corrected chi connectivity index (χ2v) is 5.99. The lowest BCUT2D eigenvalue weighted by Gasteiger charge is -2.06. The predicted octanol–water partition coefficient (Wildman–Crippen LogP) is 3.67. The Morgan fingerprint density at radius 1 is 1.17 bits per heavy atom. The molecule has 0 spiro atoms. The first-order valence-corrected chi connectivity index (χ1v) is 8.48. The molecule has 3 rings (SSSR count). The molecule has 0 radical (unpaired) electrons. The number of methoxy groups -OCH3 is 1. The van der Waals surface area contributed by atoms with E-state index in [1.165, 1.54) is 0 Å². The fourth-order valence-electron chi connectivity index (χ4n) is 2.16. The minimum atomic E-state index is 0.647. The van der Waals surface area contributed by atoms with Gasteiger partial charge >= 0.3 is 0 Å². The Morgan fingerprint density at radius 3 is 2.96 bits per heavy atom. The maximum atomic E-state index is 5.70. The van der Waals surface area contributed by atoms with Crippen molar-refractivity contribution in [2.45, 2.75) is 17.3 Å². The van der Waals surface area contributed by atoms with Gasteiger partial charge in [0.15, 0.2) is 5.16 Å². The first-order valence-electron chi connectivity index (χ1n) is 7.49. The smallest absolute Gasteiger partial charge is 0.166 e. The highest BCUT2D eigenvalue weighted by Crippen LogP contribution is 2.23. The second kappa shape index (κ2) is 7.99. The van der Waals surface area contributed by atoms with E-state index in [2.05, 4.69) is 15.0 Å². The maximum absolute atomic E-state index is 5.70. The van der Waals surface area contributed by atoms with Gasteiger partial charge in [0.1, 0.15) is 5.75 Å². The fourth-order valence-corrected chi connectivity index (χ4v) is 2.95. The van der Waals surface area contributed by atoms with Crippen LogP contribution in [0.15, 0.2) is 47.8 Å². The van der Waals surface area contributed by atoms with Gasteiger partial charge in [-0.15, -0.1) is 0 Å². The van der Waals surface area contributed by atoms with Crippen molar-refractivity contribution in [1.82, 2.24) is 15.0 Å². The molecule has 0 unspecified atom stereocenters. The summed E-state index contributed by atoms with van der Waals surface area (Å²) in [5.41, 5.74) is 3.01. The molecule has 23 heavy (non-hydrogen) atoms. The summed E-state index contributed by atoms with van der Waals surface area (Å²) in [6, 6.07) is 11.9. The van der Waals surface area contributed by atoms with E-state index in [1.54, 1.807) is 25.1 Å². The third-order valence-corrected chi connectivity index (χ3v) is 4.18. The molecule has 0 aliphatic rings. The summed E-state index contributed by atoms with van der Waals surface area (Å²) >= 11 is 1.64. The van der Waals surface area contributed by atoms with E-state index in [9.17, 15) is 0 Å². The van der Waals surface area contributed by atoms with Gasteiger partial charge in [-0.2, -0.15) is 0 Å². The number of thioether (sulfide) groups is 1. The van der Waals surface area contributed by atoms with Crippen molar-refractivity contribution in [3.05, 3.63) is 48.3 Å². The van der Waals surface area contributed by atoms with Crippen LogP contribution in [0.5, 0.6) is 5.75 Å². The highest BCUT2D eigenvalue weighted by atomic mass is 32.2. The monoisotopic (exact) mass is 329 g/mol. The standard InChI is InChI=1S/C17H19N3O2S/c1-21-9-4-10-22-14-7-8-18-13(11-14)12-23-17-19-15-5-2-3-6-16(15)20-17/h2-3,5-8,11H,4,9-10,12H2,1H3,(H,19,20). The molecule has 120 valence electrons. The first-order chi connectivity index (χ1) is 11.3. The lowest BCUT2D eigenvalue weighted by Crippen LogP contribution is -2.01. The lowest BCUT2D eigenvalue weighted by molar-refractivity contribution is 0.172. The molecular formula is C17H19N3O2S. The molecule has 0 amide bonds. The van der Waals surface area contributed by atoms with Gasteiger partial charge in [0.2, 0.25) is 0 Å². The normalized spacial score (nSPS) is 11.0. The van der Waals surface area contributed by atoms with Gasteiger partial charge in [-0.3, -0.25) is 4.98 Å². The number of aromatic nitrogens is 3. The molecule has 3 aromatic rings. The molecule has 0 bridgehead atoms. The van der Waals surface area contributed by atoms with Gasteiger partial charge in [0, 0.05) is 38.2 Å². The minimum absolute atomic E-state index is 0.647. The molecular weight excluding hydrogens is 310 g/mol. The van der Waals surface area contributed by atoms with Crippen molar-refractivity contribution in [2.24, 2.45) is 0 Å². The number of aromatic amines is 1. The summed E-state index contributed by atoms with van der Waals surface area (Å²) in [4.78, 5) is 12.2. The molecule has 5 nitrogen and oxygen atoms in total. The van der Waals surface area contributed by atoms with E-state index in [-0.39, 0.29) is 0 Å². The first kappa shape index (κ1) is 15.8. The summed E-state index contributed by atoms with van der Waals surface area (Å²) in [7, 11) is 1.69. The van der Waals surface area contributed by atoms with E-state index in [1.807, 2.05) is 36.4 Å². The van der Waals surface area contributed by atoms with Crippen LogP contribution < -0.4 is 4.74 Å². The van der Waals surface area contributed by atoms with Crippen molar-refractivity contribution >= 4 is 22.8 Å². The van der Waals surface area contributed by atoms with Crippen molar-refractivity contribution in [1.29, 1.82) is 0 Å². The largest absolute Gasteiger partial charge is 0.493 e. The number of ether oxygens (including phenoxy) is 2. The number of nitrogens with one attached hydrogen (secondary N) is 1. The SMILES string of the molecule is COCCCOc1ccnc(CSc2nc3ccccc3[nH]2)c1. The van der Waals surface area contributed by atoms with E-state index < -0.39 is 0 Å². The van der Waals surface area contributed by atoms with Gasteiger partial charge in [0.05, 0.1) is 23.3 Å². The number of imidazole rings is 1. The number of fused-ring (bicyclic) bond motifs is 1. The van der Waals surface area contributed by atoms with Crippen molar-refractivity contribution in [2.75, 3.05) is 20.3 Å². The van der Waals surface area contributed by atoms with Gasteiger partial charge < -0.3 is 14.5 Å². The molecule has 2 heterocycles. The molecule has 1 aromatic carbocycles. The van der Waals surface area contributed by atoms with Gasteiger partial charge in [-0.25, -0.2) is 4.98 Å². The Hall–Kier alpha value is -2.05. The summed E-state index contributed by atoms with van der Waals surface area (Å²) in [6.07, 6.45) is 2.65. The topological polar surface area (TPSA) is 60.0 Å². The van der Waals surface area contributed by atoms with E-state index in [0.29, 0.717) is 13.2 Å². The summed E-state index contributed by atoms with van der Waals surface area (Å²) in [5.74, 6) is 1.59. The highest BCUT2D eigenvalue weighted by Gasteiger charge is 2.05. The Morgan fingerprint density at radius 2 is 2.09 bits per heavy atom. The third kappa shape index (κ3) is 4.46. The van der Waals surface area contributed by atoms with Crippen molar-refractivity contribution in [3.63, 3.8) is 0 Å². The molecule has 0 saturated heterocycles. The zero-order valence-corrected chi connectivity index (χ0v) is 13.8. The molecule has 0 atom stereocenters. The van der Waals surface area contributed by atoms with Crippen LogP contribution >= 0.6 is 11.8 Å². The van der Waals surface area contributed by atoms with Gasteiger partial charge in [-0.1, -0.05) is 23.9 Å². The zero-order valence-electron chi connectivity index (χ0n) is 13.0. The average molecular weight is 329 g/mol. The number of H-pyrrole nitrogens is 1. The Labute approximate surface area is 139 Å². The third-order valence-electron chi connectivity index (χ3n) is 3.27. The van der Waals surface area contributed by atoms with Crippen molar-refractivity contribution in [3.8, 4) is 5.75 Å². The van der Waals surface area contributed by atoms with Crippen molar-refractivity contribution < 1.29 is 9.47 Å². The molecule has 0 aliphatic heterocycles. The maximum Gasteiger partial charge on any atom is 0.166 e. The predicted molar refractivity (Wildman–Crippen MR) is 91.9 cm³/mol. The van der Waals surface area contributed by atoms with Crippen LogP contribution in [-0.2, 0) is 10.5 Å². The number of benzene rings is 1. The molecule has 0 fully saturated rings. The number of hydrogen-bond acceptors (Lipinski definition) is 5. The fraction of sp³-hybridized carbons (Fsp3) is 0.294. The molecule has 2 aromatic heterocycles. The Balaban J connectivity index is 1.57. The van der Waals surface area contributed by atoms with E-state index in [0.717, 1.165) is 39.8 Å². The van der Waals surface area contributed by atoms with Crippen LogP contribution in [0.1, 0.15) is 12.1 Å². The zero-order chi connectivity index (χ0) is 15.9. The molecule has 0 aliphatic carbocycles. The molecule has 0 saturated carbocycles. The average Bonchev–Trinajstić information content (AvgIpc) is 3.00. The lowest BCUT2D eigenvalue weighted by atomic mass is 10.3. The number of hydrogen-bond donors (Lipinski definition) is 1. The number of para-hydroxylation sites is 2.